The minimum atomic E-state index is -3.67. The van der Waals surface area contributed by atoms with Gasteiger partial charge in [-0.15, -0.1) is 11.3 Å². The first kappa shape index (κ1) is 21.9. The third-order valence-electron chi connectivity index (χ3n) is 4.69. The normalized spacial score (nSPS) is 20.5. The highest BCUT2D eigenvalue weighted by Crippen LogP contribution is 2.20. The Morgan fingerprint density at radius 1 is 1.17 bits per heavy atom. The molecule has 0 radical (unpaired) electrons. The number of nitrogens with one attached hydrogen (secondary N) is 1. The van der Waals surface area contributed by atoms with E-state index < -0.39 is 10.0 Å². The topological polar surface area (TPSA) is 102 Å². The summed E-state index contributed by atoms with van der Waals surface area (Å²) in [5.41, 5.74) is 1.77. The highest BCUT2D eigenvalue weighted by atomic mass is 32.2. The molecule has 0 unspecified atom stereocenters. The SMILES string of the molecule is C[C@H]1CN(Cc2ccc(C(=O)NCCc3ccc(S(N)(=O)=O)s3)cc2)C[C@H](C)O1. The van der Waals surface area contributed by atoms with Crippen LogP contribution in [0.3, 0.4) is 0 Å². The second-order valence-electron chi connectivity index (χ2n) is 7.42. The molecule has 158 valence electrons. The molecule has 0 spiro atoms. The van der Waals surface area contributed by atoms with E-state index in [0.717, 1.165) is 41.4 Å². The van der Waals surface area contributed by atoms with E-state index in [1.54, 1.807) is 6.07 Å². The maximum atomic E-state index is 12.3. The number of hydrogen-bond donors (Lipinski definition) is 2. The zero-order chi connectivity index (χ0) is 21.0. The van der Waals surface area contributed by atoms with Crippen molar-refractivity contribution in [2.45, 2.75) is 43.2 Å². The molecule has 2 aromatic rings. The number of benzene rings is 1. The molecule has 1 aromatic heterocycles. The summed E-state index contributed by atoms with van der Waals surface area (Å²) in [6, 6.07) is 10.9. The fourth-order valence-corrected chi connectivity index (χ4v) is 5.26. The number of hydrogen-bond acceptors (Lipinski definition) is 6. The minimum absolute atomic E-state index is 0.137. The molecule has 0 saturated carbocycles. The van der Waals surface area contributed by atoms with Gasteiger partial charge in [0.05, 0.1) is 12.2 Å². The minimum Gasteiger partial charge on any atom is -0.373 e. The number of carbonyl (C=O) groups excluding carboxylic acids is 1. The van der Waals surface area contributed by atoms with Gasteiger partial charge >= 0.3 is 0 Å². The molecule has 0 bridgehead atoms. The summed E-state index contributed by atoms with van der Waals surface area (Å²) < 4.78 is 28.5. The van der Waals surface area contributed by atoms with Crippen molar-refractivity contribution in [1.82, 2.24) is 10.2 Å². The summed E-state index contributed by atoms with van der Waals surface area (Å²) in [4.78, 5) is 15.6. The van der Waals surface area contributed by atoms with Gasteiger partial charge in [-0.3, -0.25) is 9.69 Å². The summed E-state index contributed by atoms with van der Waals surface area (Å²) in [5, 5.41) is 7.98. The largest absolute Gasteiger partial charge is 0.373 e. The number of nitrogens with two attached hydrogens (primary N) is 1. The van der Waals surface area contributed by atoms with Crippen molar-refractivity contribution in [3.63, 3.8) is 0 Å². The van der Waals surface area contributed by atoms with Crippen LogP contribution in [0.25, 0.3) is 0 Å². The Morgan fingerprint density at radius 2 is 1.83 bits per heavy atom. The van der Waals surface area contributed by atoms with E-state index in [0.29, 0.717) is 18.5 Å². The van der Waals surface area contributed by atoms with Gasteiger partial charge in [-0.25, -0.2) is 13.6 Å². The van der Waals surface area contributed by atoms with E-state index in [9.17, 15) is 13.2 Å². The van der Waals surface area contributed by atoms with Crippen LogP contribution < -0.4 is 10.5 Å². The Kier molecular flexibility index (Phi) is 7.07. The lowest BCUT2D eigenvalue weighted by Crippen LogP contribution is -2.44. The Hall–Kier alpha value is -1.78. The van der Waals surface area contributed by atoms with Crippen LogP contribution in [0.4, 0.5) is 0 Å². The van der Waals surface area contributed by atoms with Crippen LogP contribution in [0.15, 0.2) is 40.6 Å². The van der Waals surface area contributed by atoms with Crippen molar-refractivity contribution in [2.75, 3.05) is 19.6 Å². The molecule has 1 fully saturated rings. The molecular weight excluding hydrogens is 410 g/mol. The molecule has 29 heavy (non-hydrogen) atoms. The summed E-state index contributed by atoms with van der Waals surface area (Å²) in [7, 11) is -3.67. The van der Waals surface area contributed by atoms with Crippen molar-refractivity contribution in [3.8, 4) is 0 Å². The van der Waals surface area contributed by atoms with E-state index in [2.05, 4.69) is 24.1 Å². The Bertz CT molecular complexity index is 931. The van der Waals surface area contributed by atoms with Crippen LogP contribution in [0, 0.1) is 0 Å². The Morgan fingerprint density at radius 3 is 2.41 bits per heavy atom. The number of primary sulfonamides is 1. The average molecular weight is 438 g/mol. The van der Waals surface area contributed by atoms with Crippen molar-refractivity contribution < 1.29 is 17.9 Å². The third-order valence-corrected chi connectivity index (χ3v) is 7.28. The number of thiophene rings is 1. The predicted octanol–water partition coefficient (Wildman–Crippen LogP) is 1.98. The van der Waals surface area contributed by atoms with Gasteiger partial charge in [0.2, 0.25) is 10.0 Å². The smallest absolute Gasteiger partial charge is 0.251 e. The number of amides is 1. The monoisotopic (exact) mass is 437 g/mol. The van der Waals surface area contributed by atoms with Crippen LogP contribution in [-0.2, 0) is 27.7 Å². The zero-order valence-electron chi connectivity index (χ0n) is 16.6. The molecule has 7 nitrogen and oxygen atoms in total. The maximum Gasteiger partial charge on any atom is 0.251 e. The van der Waals surface area contributed by atoms with Gasteiger partial charge in [0.1, 0.15) is 4.21 Å². The molecule has 1 aliphatic heterocycles. The quantitative estimate of drug-likeness (QED) is 0.690. The highest BCUT2D eigenvalue weighted by Gasteiger charge is 2.22. The Balaban J connectivity index is 1.48. The number of morpholine rings is 1. The summed E-state index contributed by atoms with van der Waals surface area (Å²) >= 11 is 1.13. The second-order valence-corrected chi connectivity index (χ2v) is 10.4. The van der Waals surface area contributed by atoms with Gasteiger partial charge in [-0.1, -0.05) is 12.1 Å². The van der Waals surface area contributed by atoms with Crippen LogP contribution >= 0.6 is 11.3 Å². The molecule has 3 N–H and O–H groups in total. The zero-order valence-corrected chi connectivity index (χ0v) is 18.3. The summed E-state index contributed by atoms with van der Waals surface area (Å²) in [6.07, 6.45) is 1.01. The van der Waals surface area contributed by atoms with Crippen LogP contribution in [-0.4, -0.2) is 51.1 Å². The third kappa shape index (κ3) is 6.35. The van der Waals surface area contributed by atoms with Gasteiger partial charge in [0, 0.05) is 36.6 Å². The lowest BCUT2D eigenvalue weighted by molar-refractivity contribution is -0.0704. The van der Waals surface area contributed by atoms with Crippen molar-refractivity contribution >= 4 is 27.3 Å². The molecule has 2 heterocycles. The highest BCUT2D eigenvalue weighted by molar-refractivity contribution is 7.91. The molecule has 3 rings (SSSR count). The number of sulfonamides is 1. The molecule has 9 heteroatoms. The van der Waals surface area contributed by atoms with Gasteiger partial charge in [-0.2, -0.15) is 0 Å². The van der Waals surface area contributed by atoms with E-state index in [1.807, 2.05) is 24.3 Å². The number of carbonyl (C=O) groups is 1. The number of rotatable bonds is 7. The van der Waals surface area contributed by atoms with Crippen molar-refractivity contribution in [2.24, 2.45) is 5.14 Å². The van der Waals surface area contributed by atoms with Crippen LogP contribution in [0.5, 0.6) is 0 Å². The first-order chi connectivity index (χ1) is 13.7. The van der Waals surface area contributed by atoms with E-state index in [1.165, 1.54) is 6.07 Å². The van der Waals surface area contributed by atoms with Crippen molar-refractivity contribution in [3.05, 3.63) is 52.4 Å². The molecule has 1 aromatic carbocycles. The van der Waals surface area contributed by atoms with Gasteiger partial charge in [-0.05, 0) is 50.1 Å². The molecule has 1 aliphatic rings. The van der Waals surface area contributed by atoms with Crippen LogP contribution in [0.2, 0.25) is 0 Å². The van der Waals surface area contributed by atoms with Gasteiger partial charge < -0.3 is 10.1 Å². The first-order valence-corrected chi connectivity index (χ1v) is 11.9. The molecular formula is C20H27N3O4S2. The lowest BCUT2D eigenvalue weighted by Gasteiger charge is -2.35. The summed E-state index contributed by atoms with van der Waals surface area (Å²) in [5.74, 6) is -0.145. The van der Waals surface area contributed by atoms with Crippen LogP contribution in [0.1, 0.15) is 34.6 Å². The van der Waals surface area contributed by atoms with E-state index in [-0.39, 0.29) is 22.3 Å². The van der Waals surface area contributed by atoms with E-state index in [4.69, 9.17) is 9.88 Å². The Labute approximate surface area is 175 Å². The van der Waals surface area contributed by atoms with E-state index >= 15 is 0 Å². The van der Waals surface area contributed by atoms with Gasteiger partial charge in [0.25, 0.3) is 5.91 Å². The average Bonchev–Trinajstić information content (AvgIpc) is 3.11. The fourth-order valence-electron chi connectivity index (χ4n) is 3.48. The molecule has 1 amide bonds. The number of nitrogens with zero attached hydrogens (tertiary/aromatic N) is 1. The van der Waals surface area contributed by atoms with Crippen molar-refractivity contribution in [1.29, 1.82) is 0 Å². The molecule has 2 atom stereocenters. The molecule has 1 saturated heterocycles. The molecule has 0 aliphatic carbocycles. The maximum absolute atomic E-state index is 12.3. The lowest BCUT2D eigenvalue weighted by atomic mass is 10.1. The predicted molar refractivity (Wildman–Crippen MR) is 113 cm³/mol. The van der Waals surface area contributed by atoms with Gasteiger partial charge in [0.15, 0.2) is 0 Å². The summed E-state index contributed by atoms with van der Waals surface area (Å²) in [6.45, 7) is 7.24. The standard InChI is InChI=1S/C20H27N3O4S2/c1-14-11-23(12-15(2)27-14)13-16-3-5-17(6-4-16)20(24)22-10-9-18-7-8-19(28-18)29(21,25)26/h3-8,14-15H,9-13H2,1-2H3,(H,22,24)(H2,21,25,26)/t14-,15-/m0/s1. The fraction of sp³-hybridized carbons (Fsp3) is 0.450. The first-order valence-electron chi connectivity index (χ1n) is 9.57. The second kappa shape index (κ2) is 9.36. The number of ether oxygens (including phenoxy) is 1.